The summed E-state index contributed by atoms with van der Waals surface area (Å²) in [6.07, 6.45) is 0. The molecule has 0 aromatic carbocycles. The van der Waals surface area contributed by atoms with Gasteiger partial charge in [-0.1, -0.05) is 0 Å². The summed E-state index contributed by atoms with van der Waals surface area (Å²) < 4.78 is 5.04. The first-order valence-corrected chi connectivity index (χ1v) is 5.25. The van der Waals surface area contributed by atoms with Gasteiger partial charge in [0.15, 0.2) is 11.6 Å². The number of hydrogen-bond acceptors (Lipinski definition) is 5. The van der Waals surface area contributed by atoms with Crippen LogP contribution in [0.15, 0.2) is 16.5 Å². The molecular weight excluding hydrogens is 208 g/mol. The van der Waals surface area contributed by atoms with Gasteiger partial charge in [-0.15, -0.1) is 0 Å². The molecule has 3 N–H and O–H groups in total. The lowest BCUT2D eigenvalue weighted by molar-refractivity contribution is 0.0638. The Bertz CT molecular complexity index is 369. The van der Waals surface area contributed by atoms with E-state index < -0.39 is 0 Å². The number of furan rings is 1. The van der Waals surface area contributed by atoms with Gasteiger partial charge in [0.2, 0.25) is 0 Å². The predicted octanol–water partition coefficient (Wildman–Crippen LogP) is -0.246. The Balaban J connectivity index is 1.88. The van der Waals surface area contributed by atoms with Crippen molar-refractivity contribution in [1.29, 1.82) is 0 Å². The van der Waals surface area contributed by atoms with Gasteiger partial charge in [-0.3, -0.25) is 10.2 Å². The zero-order valence-electron chi connectivity index (χ0n) is 9.27. The van der Waals surface area contributed by atoms with E-state index in [9.17, 15) is 4.79 Å². The first-order valence-electron chi connectivity index (χ1n) is 5.25. The Morgan fingerprint density at radius 3 is 2.62 bits per heavy atom. The minimum atomic E-state index is -0.249. The van der Waals surface area contributed by atoms with E-state index in [1.807, 2.05) is 5.01 Å². The molecule has 1 aliphatic heterocycles. The van der Waals surface area contributed by atoms with Gasteiger partial charge in [0.25, 0.3) is 0 Å². The molecular formula is C10H16N4O2. The monoisotopic (exact) mass is 224 g/mol. The summed E-state index contributed by atoms with van der Waals surface area (Å²) in [5.74, 6) is 0.251. The number of nitrogen functional groups attached to an aromatic ring is 1. The van der Waals surface area contributed by atoms with E-state index in [-0.39, 0.29) is 17.6 Å². The van der Waals surface area contributed by atoms with Gasteiger partial charge in [-0.25, -0.2) is 5.01 Å². The van der Waals surface area contributed by atoms with Crippen LogP contribution in [-0.4, -0.2) is 49.0 Å². The number of nitrogens with zero attached hydrogens (tertiary/aromatic N) is 2. The number of nitrogens with one attached hydrogen (secondary N) is 1. The van der Waals surface area contributed by atoms with Crippen molar-refractivity contribution in [1.82, 2.24) is 15.3 Å². The zero-order chi connectivity index (χ0) is 11.5. The van der Waals surface area contributed by atoms with E-state index >= 15 is 0 Å². The molecule has 0 bridgehead atoms. The van der Waals surface area contributed by atoms with E-state index in [0.29, 0.717) is 0 Å². The fraction of sp³-hybridized carbons (Fsp3) is 0.500. The molecule has 1 aromatic rings. The number of hydrogen-bond donors (Lipinski definition) is 2. The molecule has 88 valence electrons. The van der Waals surface area contributed by atoms with Crippen LogP contribution in [0.5, 0.6) is 0 Å². The third-order valence-corrected chi connectivity index (χ3v) is 2.61. The fourth-order valence-electron chi connectivity index (χ4n) is 1.59. The molecule has 0 spiro atoms. The summed E-state index contributed by atoms with van der Waals surface area (Å²) in [6, 6.07) is 3.14. The van der Waals surface area contributed by atoms with Crippen molar-refractivity contribution in [3.63, 3.8) is 0 Å². The lowest BCUT2D eigenvalue weighted by Crippen LogP contribution is -2.52. The number of carbonyl (C=O) groups excluding carboxylic acids is 1. The van der Waals surface area contributed by atoms with Gasteiger partial charge >= 0.3 is 5.91 Å². The molecule has 1 fully saturated rings. The maximum Gasteiger partial charge on any atom is 0.301 e. The second-order valence-corrected chi connectivity index (χ2v) is 3.93. The summed E-state index contributed by atoms with van der Waals surface area (Å²) in [5.41, 5.74) is 8.19. The second kappa shape index (κ2) is 4.54. The number of carbonyl (C=O) groups is 1. The second-order valence-electron chi connectivity index (χ2n) is 3.93. The van der Waals surface area contributed by atoms with Gasteiger partial charge in [0.05, 0.1) is 0 Å². The Kier molecular flexibility index (Phi) is 3.12. The number of amides is 1. The van der Waals surface area contributed by atoms with Gasteiger partial charge in [-0.05, 0) is 13.1 Å². The molecule has 0 aliphatic carbocycles. The van der Waals surface area contributed by atoms with Crippen molar-refractivity contribution in [3.05, 3.63) is 17.9 Å². The maximum atomic E-state index is 11.7. The highest BCUT2D eigenvalue weighted by Crippen LogP contribution is 2.09. The molecule has 0 radical (unpaired) electrons. The molecule has 0 unspecified atom stereocenters. The van der Waals surface area contributed by atoms with Crippen molar-refractivity contribution in [3.8, 4) is 0 Å². The maximum absolute atomic E-state index is 11.7. The van der Waals surface area contributed by atoms with E-state index in [0.717, 1.165) is 26.2 Å². The van der Waals surface area contributed by atoms with Crippen LogP contribution in [0.2, 0.25) is 0 Å². The highest BCUT2D eigenvalue weighted by Gasteiger charge is 2.18. The molecule has 1 aliphatic rings. The number of rotatable bonds is 2. The van der Waals surface area contributed by atoms with Crippen LogP contribution in [0.1, 0.15) is 10.6 Å². The fourth-order valence-corrected chi connectivity index (χ4v) is 1.59. The van der Waals surface area contributed by atoms with Crippen molar-refractivity contribution < 1.29 is 9.21 Å². The average molecular weight is 224 g/mol. The Morgan fingerprint density at radius 1 is 1.38 bits per heavy atom. The van der Waals surface area contributed by atoms with Gasteiger partial charge in [-0.2, -0.15) is 0 Å². The van der Waals surface area contributed by atoms with E-state index in [1.54, 1.807) is 12.1 Å². The molecule has 0 atom stereocenters. The minimum absolute atomic E-state index is 0.247. The number of likely N-dealkylation sites (N-methyl/N-ethyl adjacent to an activating group) is 1. The lowest BCUT2D eigenvalue weighted by Gasteiger charge is -2.32. The highest BCUT2D eigenvalue weighted by atomic mass is 16.4. The first-order chi connectivity index (χ1) is 7.65. The van der Waals surface area contributed by atoms with Crippen molar-refractivity contribution in [2.75, 3.05) is 39.0 Å². The van der Waals surface area contributed by atoms with Gasteiger partial charge < -0.3 is 15.1 Å². The minimum Gasteiger partial charge on any atom is -0.436 e. The van der Waals surface area contributed by atoms with Crippen molar-refractivity contribution in [2.45, 2.75) is 0 Å². The highest BCUT2D eigenvalue weighted by molar-refractivity contribution is 5.91. The Hall–Kier alpha value is -1.53. The molecule has 6 nitrogen and oxygen atoms in total. The number of nitrogens with two attached hydrogens (primary N) is 1. The smallest absolute Gasteiger partial charge is 0.301 e. The van der Waals surface area contributed by atoms with Crippen LogP contribution < -0.4 is 11.2 Å². The van der Waals surface area contributed by atoms with Crippen LogP contribution in [0.4, 0.5) is 5.88 Å². The molecule has 1 saturated heterocycles. The lowest BCUT2D eigenvalue weighted by atomic mass is 10.4. The Labute approximate surface area is 94.0 Å². The van der Waals surface area contributed by atoms with E-state index in [4.69, 9.17) is 10.2 Å². The quantitative estimate of drug-likeness (QED) is 0.725. The standard InChI is InChI=1S/C10H16N4O2/c1-13-4-6-14(7-5-13)12-10(15)8-2-3-9(11)16-8/h2-3H,4-7,11H2,1H3,(H,12,15). The number of anilines is 1. The molecule has 6 heteroatoms. The van der Waals surface area contributed by atoms with Crippen LogP contribution in [0.3, 0.4) is 0 Å². The molecule has 1 amide bonds. The third-order valence-electron chi connectivity index (χ3n) is 2.61. The first kappa shape index (κ1) is 11.0. The van der Waals surface area contributed by atoms with Crippen LogP contribution >= 0.6 is 0 Å². The van der Waals surface area contributed by atoms with Crippen molar-refractivity contribution >= 4 is 11.8 Å². The summed E-state index contributed by atoms with van der Waals surface area (Å²) in [7, 11) is 2.06. The summed E-state index contributed by atoms with van der Waals surface area (Å²) in [5, 5.41) is 1.89. The zero-order valence-corrected chi connectivity index (χ0v) is 9.27. The third kappa shape index (κ3) is 2.53. The predicted molar refractivity (Wildman–Crippen MR) is 59.7 cm³/mol. The normalized spacial score (nSPS) is 18.6. The summed E-state index contributed by atoms with van der Waals surface area (Å²) in [6.45, 7) is 3.53. The van der Waals surface area contributed by atoms with Gasteiger partial charge in [0, 0.05) is 32.2 Å². The van der Waals surface area contributed by atoms with E-state index in [2.05, 4.69) is 17.4 Å². The molecule has 1 aromatic heterocycles. The SMILES string of the molecule is CN1CCN(NC(=O)c2ccc(N)o2)CC1. The van der Waals surface area contributed by atoms with Gasteiger partial charge in [0.1, 0.15) is 0 Å². The molecule has 2 rings (SSSR count). The average Bonchev–Trinajstić information content (AvgIpc) is 2.68. The summed E-state index contributed by atoms with van der Waals surface area (Å²) >= 11 is 0. The van der Waals surface area contributed by atoms with E-state index in [1.165, 1.54) is 0 Å². The largest absolute Gasteiger partial charge is 0.436 e. The van der Waals surface area contributed by atoms with Crippen LogP contribution in [-0.2, 0) is 0 Å². The van der Waals surface area contributed by atoms with Crippen LogP contribution in [0.25, 0.3) is 0 Å². The Morgan fingerprint density at radius 2 is 2.06 bits per heavy atom. The number of hydrazine groups is 1. The number of piperazine rings is 1. The molecule has 2 heterocycles. The van der Waals surface area contributed by atoms with Crippen molar-refractivity contribution in [2.24, 2.45) is 0 Å². The summed E-state index contributed by atoms with van der Waals surface area (Å²) in [4.78, 5) is 13.9. The topological polar surface area (TPSA) is 74.7 Å². The molecule has 0 saturated carbocycles. The van der Waals surface area contributed by atoms with Crippen LogP contribution in [0, 0.1) is 0 Å². The molecule has 16 heavy (non-hydrogen) atoms.